The van der Waals surface area contributed by atoms with Crippen LogP contribution in [0.2, 0.25) is 0 Å². The first kappa shape index (κ1) is 19.7. The first-order valence-electron chi connectivity index (χ1n) is 9.59. The third-order valence-corrected chi connectivity index (χ3v) is 5.76. The van der Waals surface area contributed by atoms with E-state index >= 15 is 0 Å². The molecule has 26 heavy (non-hydrogen) atoms. The number of piperazine rings is 1. The van der Waals surface area contributed by atoms with Crippen LogP contribution in [-0.2, 0) is 9.31 Å². The maximum absolute atomic E-state index is 13.8. The Labute approximate surface area is 157 Å². The largest absolute Gasteiger partial charge is 0.494 e. The van der Waals surface area contributed by atoms with E-state index in [1.54, 1.807) is 13.8 Å². The molecule has 0 saturated carbocycles. The molecule has 6 heteroatoms. The van der Waals surface area contributed by atoms with E-state index in [0.29, 0.717) is 6.54 Å². The molecule has 144 valence electrons. The number of hydrogen-bond acceptors (Lipinski definition) is 4. The predicted molar refractivity (Wildman–Crippen MR) is 106 cm³/mol. The number of benzene rings is 1. The van der Waals surface area contributed by atoms with Gasteiger partial charge in [-0.2, -0.15) is 0 Å². The summed E-state index contributed by atoms with van der Waals surface area (Å²) in [6, 6.07) is 8.45. The Balaban J connectivity index is 1.59. The molecule has 0 amide bonds. The van der Waals surface area contributed by atoms with Crippen LogP contribution in [0.5, 0.6) is 0 Å². The van der Waals surface area contributed by atoms with E-state index < -0.39 is 5.67 Å². The number of nitrogens with zero attached hydrogens (tertiary/aromatic N) is 2. The van der Waals surface area contributed by atoms with Crippen LogP contribution < -0.4 is 10.4 Å². The zero-order valence-electron chi connectivity index (χ0n) is 17.0. The normalized spacial score (nSPS) is 23.5. The molecule has 1 aromatic carbocycles. The van der Waals surface area contributed by atoms with Crippen molar-refractivity contribution in [1.29, 1.82) is 0 Å². The Kier molecular flexibility index (Phi) is 5.14. The summed E-state index contributed by atoms with van der Waals surface area (Å²) in [7, 11) is -0.322. The lowest BCUT2D eigenvalue weighted by molar-refractivity contribution is 0.00578. The quantitative estimate of drug-likeness (QED) is 0.769. The molecule has 0 N–H and O–H groups in total. The van der Waals surface area contributed by atoms with E-state index in [1.807, 2.05) is 0 Å². The fourth-order valence-electron chi connectivity index (χ4n) is 3.52. The Hall–Kier alpha value is -1.11. The lowest BCUT2D eigenvalue weighted by atomic mass is 9.79. The molecule has 1 aromatic rings. The number of alkyl halides is 1. The molecule has 2 saturated heterocycles. The second kappa shape index (κ2) is 6.81. The van der Waals surface area contributed by atoms with Gasteiger partial charge in [-0.1, -0.05) is 12.1 Å². The molecular weight excluding hydrogens is 330 g/mol. The van der Waals surface area contributed by atoms with Crippen LogP contribution in [0.1, 0.15) is 41.5 Å². The molecule has 2 aliphatic heterocycles. The van der Waals surface area contributed by atoms with Gasteiger partial charge in [-0.05, 0) is 59.1 Å². The standard InChI is InChI=1S/C20H32BFN2O2/c1-18(2,22)15-23-11-13-24(14-12-23)17-9-7-16(8-10-17)21-25-19(3,4)20(5,6)26-21/h7-10H,11-15H2,1-6H3. The Bertz CT molecular complexity index is 604. The van der Waals surface area contributed by atoms with Crippen molar-refractivity contribution >= 4 is 18.3 Å². The summed E-state index contributed by atoms with van der Waals surface area (Å²) in [6.07, 6.45) is 0. The minimum atomic E-state index is -1.13. The van der Waals surface area contributed by atoms with Gasteiger partial charge in [-0.25, -0.2) is 4.39 Å². The molecule has 0 spiro atoms. The van der Waals surface area contributed by atoms with E-state index in [-0.39, 0.29) is 18.3 Å². The topological polar surface area (TPSA) is 24.9 Å². The molecule has 0 aromatic heterocycles. The van der Waals surface area contributed by atoms with Gasteiger partial charge in [0.15, 0.2) is 0 Å². The van der Waals surface area contributed by atoms with E-state index in [9.17, 15) is 4.39 Å². The zero-order valence-corrected chi connectivity index (χ0v) is 17.0. The molecule has 4 nitrogen and oxygen atoms in total. The molecular formula is C20H32BFN2O2. The fraction of sp³-hybridized carbons (Fsp3) is 0.700. The minimum absolute atomic E-state index is 0.322. The van der Waals surface area contributed by atoms with Crippen molar-refractivity contribution in [3.05, 3.63) is 24.3 Å². The first-order chi connectivity index (χ1) is 12.0. The van der Waals surface area contributed by atoms with Gasteiger partial charge in [0.05, 0.1) is 11.2 Å². The monoisotopic (exact) mass is 362 g/mol. The van der Waals surface area contributed by atoms with Crippen LogP contribution in [0.25, 0.3) is 0 Å². The third kappa shape index (κ3) is 4.24. The summed E-state index contributed by atoms with van der Waals surface area (Å²) >= 11 is 0. The highest BCUT2D eigenvalue weighted by Crippen LogP contribution is 2.36. The van der Waals surface area contributed by atoms with E-state index in [2.05, 4.69) is 61.8 Å². The van der Waals surface area contributed by atoms with Crippen LogP contribution >= 0.6 is 0 Å². The lowest BCUT2D eigenvalue weighted by Crippen LogP contribution is -2.49. The van der Waals surface area contributed by atoms with Gasteiger partial charge in [0.1, 0.15) is 5.67 Å². The van der Waals surface area contributed by atoms with Gasteiger partial charge in [0, 0.05) is 38.4 Å². The Morgan fingerprint density at radius 1 is 0.962 bits per heavy atom. The molecule has 0 radical (unpaired) electrons. The second-order valence-electron chi connectivity index (χ2n) is 9.16. The average molecular weight is 362 g/mol. The SMILES string of the molecule is CC(C)(F)CN1CCN(c2ccc(B3OC(C)(C)C(C)(C)O3)cc2)CC1. The zero-order chi connectivity index (χ0) is 19.2. The molecule has 2 heterocycles. The van der Waals surface area contributed by atoms with Crippen LogP contribution in [0, 0.1) is 0 Å². The van der Waals surface area contributed by atoms with Crippen molar-refractivity contribution in [3.63, 3.8) is 0 Å². The average Bonchev–Trinajstić information content (AvgIpc) is 2.75. The summed E-state index contributed by atoms with van der Waals surface area (Å²) in [5.41, 5.74) is 0.468. The number of rotatable bonds is 4. The van der Waals surface area contributed by atoms with Crippen molar-refractivity contribution < 1.29 is 13.7 Å². The van der Waals surface area contributed by atoms with E-state index in [0.717, 1.165) is 31.6 Å². The highest BCUT2D eigenvalue weighted by molar-refractivity contribution is 6.62. The Morgan fingerprint density at radius 3 is 1.92 bits per heavy atom. The minimum Gasteiger partial charge on any atom is -0.399 e. The van der Waals surface area contributed by atoms with Crippen molar-refractivity contribution in [2.45, 2.75) is 58.4 Å². The summed E-state index contributed by atoms with van der Waals surface area (Å²) in [5, 5.41) is 0. The van der Waals surface area contributed by atoms with E-state index in [4.69, 9.17) is 9.31 Å². The van der Waals surface area contributed by atoms with E-state index in [1.165, 1.54) is 5.69 Å². The number of hydrogen-bond donors (Lipinski definition) is 0. The molecule has 0 atom stereocenters. The summed E-state index contributed by atoms with van der Waals surface area (Å²) in [4.78, 5) is 4.56. The molecule has 2 aliphatic rings. The van der Waals surface area contributed by atoms with Gasteiger partial charge in [-0.3, -0.25) is 4.90 Å². The predicted octanol–water partition coefficient (Wildman–Crippen LogP) is 2.86. The Morgan fingerprint density at radius 2 is 1.46 bits per heavy atom. The molecule has 3 rings (SSSR count). The fourth-order valence-corrected chi connectivity index (χ4v) is 3.52. The highest BCUT2D eigenvalue weighted by atomic mass is 19.1. The van der Waals surface area contributed by atoms with Gasteiger partial charge in [0.2, 0.25) is 0 Å². The smallest absolute Gasteiger partial charge is 0.399 e. The van der Waals surface area contributed by atoms with Gasteiger partial charge >= 0.3 is 7.12 Å². The van der Waals surface area contributed by atoms with Crippen LogP contribution in [-0.4, -0.2) is 61.6 Å². The second-order valence-corrected chi connectivity index (χ2v) is 9.16. The van der Waals surface area contributed by atoms with Crippen LogP contribution in [0.15, 0.2) is 24.3 Å². The van der Waals surface area contributed by atoms with Gasteiger partial charge < -0.3 is 14.2 Å². The molecule has 0 aliphatic carbocycles. The summed E-state index contributed by atoms with van der Waals surface area (Å²) in [5.74, 6) is 0. The summed E-state index contributed by atoms with van der Waals surface area (Å²) < 4.78 is 26.1. The highest BCUT2D eigenvalue weighted by Gasteiger charge is 2.51. The van der Waals surface area contributed by atoms with Gasteiger partial charge in [-0.15, -0.1) is 0 Å². The first-order valence-corrected chi connectivity index (χ1v) is 9.59. The van der Waals surface area contributed by atoms with Crippen molar-refractivity contribution in [3.8, 4) is 0 Å². The molecule has 0 unspecified atom stereocenters. The molecule has 2 fully saturated rings. The van der Waals surface area contributed by atoms with Crippen molar-refractivity contribution in [2.24, 2.45) is 0 Å². The van der Waals surface area contributed by atoms with Crippen molar-refractivity contribution in [2.75, 3.05) is 37.6 Å². The van der Waals surface area contributed by atoms with Gasteiger partial charge in [0.25, 0.3) is 0 Å². The van der Waals surface area contributed by atoms with Crippen LogP contribution in [0.3, 0.4) is 0 Å². The summed E-state index contributed by atoms with van der Waals surface area (Å²) in [6.45, 7) is 15.7. The van der Waals surface area contributed by atoms with Crippen LogP contribution in [0.4, 0.5) is 10.1 Å². The van der Waals surface area contributed by atoms with Crippen molar-refractivity contribution in [1.82, 2.24) is 4.90 Å². The number of halogens is 1. The third-order valence-electron chi connectivity index (χ3n) is 5.76. The molecule has 0 bridgehead atoms. The maximum atomic E-state index is 13.8. The number of anilines is 1. The maximum Gasteiger partial charge on any atom is 0.494 e. The lowest BCUT2D eigenvalue weighted by Gasteiger charge is -2.37.